The van der Waals surface area contributed by atoms with E-state index in [1.807, 2.05) is 48.5 Å². The highest BCUT2D eigenvalue weighted by Crippen LogP contribution is 2.34. The standard InChI is InChI=1S/C18H15ClN2O/c19-14-7-4-8-15-16(14)17(13-5-2-1-3-6-13)20-18(22)21(15)11-12-9-10-12/h1-8,12H,9-11H2. The van der Waals surface area contributed by atoms with Crippen molar-refractivity contribution in [2.75, 3.05) is 0 Å². The summed E-state index contributed by atoms with van der Waals surface area (Å²) in [6.07, 6.45) is 2.38. The number of benzene rings is 2. The molecule has 3 aromatic rings. The zero-order chi connectivity index (χ0) is 15.1. The first-order chi connectivity index (χ1) is 10.7. The summed E-state index contributed by atoms with van der Waals surface area (Å²) in [6.45, 7) is 0.734. The summed E-state index contributed by atoms with van der Waals surface area (Å²) in [5.41, 5.74) is 2.26. The molecule has 0 amide bonds. The molecule has 1 heterocycles. The first-order valence-electron chi connectivity index (χ1n) is 7.48. The van der Waals surface area contributed by atoms with Crippen LogP contribution in [0.15, 0.2) is 53.3 Å². The molecule has 110 valence electrons. The number of rotatable bonds is 3. The minimum absolute atomic E-state index is 0.194. The van der Waals surface area contributed by atoms with Gasteiger partial charge in [-0.05, 0) is 30.9 Å². The van der Waals surface area contributed by atoms with Crippen LogP contribution in [0.25, 0.3) is 22.2 Å². The predicted molar refractivity (Wildman–Crippen MR) is 89.2 cm³/mol. The largest absolute Gasteiger partial charge is 0.348 e. The second kappa shape index (κ2) is 5.25. The molecule has 0 radical (unpaired) electrons. The molecule has 4 heteroatoms. The molecule has 0 bridgehead atoms. The number of fused-ring (bicyclic) bond motifs is 1. The lowest BCUT2D eigenvalue weighted by Gasteiger charge is -2.13. The highest BCUT2D eigenvalue weighted by molar-refractivity contribution is 6.36. The molecular formula is C18H15ClN2O. The molecule has 0 spiro atoms. The lowest BCUT2D eigenvalue weighted by atomic mass is 10.1. The van der Waals surface area contributed by atoms with Crippen LogP contribution in [0.3, 0.4) is 0 Å². The summed E-state index contributed by atoms with van der Waals surface area (Å²) in [7, 11) is 0. The SMILES string of the molecule is O=c1nc(-c2ccccc2)c2c(Cl)cccc2n1CC1CC1. The third kappa shape index (κ3) is 2.32. The Morgan fingerprint density at radius 1 is 1.09 bits per heavy atom. The monoisotopic (exact) mass is 310 g/mol. The number of hydrogen-bond acceptors (Lipinski definition) is 2. The van der Waals surface area contributed by atoms with Gasteiger partial charge in [0.25, 0.3) is 0 Å². The Labute approximate surface area is 133 Å². The van der Waals surface area contributed by atoms with E-state index in [4.69, 9.17) is 11.6 Å². The van der Waals surface area contributed by atoms with Crippen molar-refractivity contribution in [2.24, 2.45) is 5.92 Å². The van der Waals surface area contributed by atoms with E-state index in [0.717, 1.165) is 23.0 Å². The van der Waals surface area contributed by atoms with E-state index in [2.05, 4.69) is 4.98 Å². The third-order valence-electron chi connectivity index (χ3n) is 4.14. The number of hydrogen-bond donors (Lipinski definition) is 0. The van der Waals surface area contributed by atoms with Gasteiger partial charge >= 0.3 is 5.69 Å². The molecule has 1 aliphatic carbocycles. The maximum absolute atomic E-state index is 12.5. The van der Waals surface area contributed by atoms with E-state index in [9.17, 15) is 4.79 Å². The molecule has 3 nitrogen and oxygen atoms in total. The fourth-order valence-electron chi connectivity index (χ4n) is 2.83. The minimum Gasteiger partial charge on any atom is -0.292 e. The molecule has 2 aromatic carbocycles. The average Bonchev–Trinajstić information content (AvgIpc) is 3.35. The van der Waals surface area contributed by atoms with Crippen molar-refractivity contribution in [1.29, 1.82) is 0 Å². The van der Waals surface area contributed by atoms with Crippen molar-refractivity contribution in [3.05, 3.63) is 64.0 Å². The van der Waals surface area contributed by atoms with Crippen LogP contribution in [0.5, 0.6) is 0 Å². The highest BCUT2D eigenvalue weighted by Gasteiger charge is 2.24. The van der Waals surface area contributed by atoms with Gasteiger partial charge in [-0.2, -0.15) is 4.98 Å². The van der Waals surface area contributed by atoms with Gasteiger partial charge in [0.1, 0.15) is 0 Å². The fraction of sp³-hybridized carbons (Fsp3) is 0.222. The molecule has 1 aromatic heterocycles. The van der Waals surface area contributed by atoms with Crippen LogP contribution in [0.2, 0.25) is 5.02 Å². The lowest BCUT2D eigenvalue weighted by Crippen LogP contribution is -2.25. The van der Waals surface area contributed by atoms with Gasteiger partial charge in [0.2, 0.25) is 0 Å². The smallest absolute Gasteiger partial charge is 0.292 e. The fourth-order valence-corrected chi connectivity index (χ4v) is 3.09. The molecule has 0 atom stereocenters. The van der Waals surface area contributed by atoms with E-state index in [1.165, 1.54) is 12.8 Å². The van der Waals surface area contributed by atoms with Crippen molar-refractivity contribution < 1.29 is 0 Å². The van der Waals surface area contributed by atoms with Gasteiger partial charge in [-0.3, -0.25) is 4.57 Å². The second-order valence-corrected chi connectivity index (χ2v) is 6.20. The summed E-state index contributed by atoms with van der Waals surface area (Å²) in [5, 5.41) is 1.49. The Morgan fingerprint density at radius 3 is 2.59 bits per heavy atom. The Kier molecular flexibility index (Phi) is 3.23. The quantitative estimate of drug-likeness (QED) is 0.729. The third-order valence-corrected chi connectivity index (χ3v) is 4.46. The normalized spacial score (nSPS) is 14.4. The first kappa shape index (κ1) is 13.5. The van der Waals surface area contributed by atoms with E-state index in [1.54, 1.807) is 4.57 Å². The van der Waals surface area contributed by atoms with Crippen molar-refractivity contribution in [3.63, 3.8) is 0 Å². The summed E-state index contributed by atoms with van der Waals surface area (Å²) in [6, 6.07) is 15.4. The van der Waals surface area contributed by atoms with Gasteiger partial charge in [0.05, 0.1) is 16.2 Å². The van der Waals surface area contributed by atoms with Crippen molar-refractivity contribution in [3.8, 4) is 11.3 Å². The van der Waals surface area contributed by atoms with E-state index in [-0.39, 0.29) is 5.69 Å². The van der Waals surface area contributed by atoms with Crippen LogP contribution in [-0.2, 0) is 6.54 Å². The van der Waals surface area contributed by atoms with Crippen LogP contribution in [0.1, 0.15) is 12.8 Å². The summed E-state index contributed by atoms with van der Waals surface area (Å²) in [4.78, 5) is 16.8. The molecule has 0 saturated heterocycles. The second-order valence-electron chi connectivity index (χ2n) is 5.80. The van der Waals surface area contributed by atoms with Gasteiger partial charge in [0, 0.05) is 17.5 Å². The number of aromatic nitrogens is 2. The van der Waals surface area contributed by atoms with Crippen molar-refractivity contribution in [1.82, 2.24) is 9.55 Å². The summed E-state index contributed by atoms with van der Waals surface area (Å²) < 4.78 is 1.77. The summed E-state index contributed by atoms with van der Waals surface area (Å²) in [5.74, 6) is 0.601. The van der Waals surface area contributed by atoms with Crippen LogP contribution in [-0.4, -0.2) is 9.55 Å². The maximum Gasteiger partial charge on any atom is 0.348 e. The Bertz CT molecular complexity index is 898. The van der Waals surface area contributed by atoms with Gasteiger partial charge in [0.15, 0.2) is 0 Å². The van der Waals surface area contributed by atoms with Crippen molar-refractivity contribution >= 4 is 22.5 Å². The van der Waals surface area contributed by atoms with Gasteiger partial charge in [-0.1, -0.05) is 48.0 Å². The molecule has 1 aliphatic rings. The van der Waals surface area contributed by atoms with Crippen LogP contribution in [0.4, 0.5) is 0 Å². The van der Waals surface area contributed by atoms with E-state index >= 15 is 0 Å². The lowest BCUT2D eigenvalue weighted by molar-refractivity contribution is 0.614. The predicted octanol–water partition coefficient (Wildman–Crippen LogP) is 4.13. The minimum atomic E-state index is -0.194. The molecule has 1 saturated carbocycles. The Balaban J connectivity index is 2.04. The number of nitrogens with zero attached hydrogens (tertiary/aromatic N) is 2. The van der Waals surface area contributed by atoms with Gasteiger partial charge in [-0.15, -0.1) is 0 Å². The van der Waals surface area contributed by atoms with Crippen LogP contribution >= 0.6 is 11.6 Å². The molecule has 0 aliphatic heterocycles. The van der Waals surface area contributed by atoms with E-state index < -0.39 is 0 Å². The molecule has 1 fully saturated rings. The average molecular weight is 311 g/mol. The molecule has 4 rings (SSSR count). The van der Waals surface area contributed by atoms with Crippen molar-refractivity contribution in [2.45, 2.75) is 19.4 Å². The zero-order valence-corrected chi connectivity index (χ0v) is 12.8. The Hall–Kier alpha value is -2.13. The highest BCUT2D eigenvalue weighted by atomic mass is 35.5. The number of halogens is 1. The topological polar surface area (TPSA) is 34.9 Å². The molecule has 0 unspecified atom stereocenters. The molecule has 0 N–H and O–H groups in total. The first-order valence-corrected chi connectivity index (χ1v) is 7.86. The zero-order valence-electron chi connectivity index (χ0n) is 12.0. The van der Waals surface area contributed by atoms with Gasteiger partial charge < -0.3 is 0 Å². The summed E-state index contributed by atoms with van der Waals surface area (Å²) >= 11 is 6.43. The van der Waals surface area contributed by atoms with E-state index in [0.29, 0.717) is 16.6 Å². The molecular weight excluding hydrogens is 296 g/mol. The Morgan fingerprint density at radius 2 is 1.86 bits per heavy atom. The molecule has 22 heavy (non-hydrogen) atoms. The maximum atomic E-state index is 12.5. The van der Waals surface area contributed by atoms with Crippen LogP contribution in [0, 0.1) is 5.92 Å². The van der Waals surface area contributed by atoms with Gasteiger partial charge in [-0.25, -0.2) is 4.79 Å². The van der Waals surface area contributed by atoms with Crippen LogP contribution < -0.4 is 5.69 Å².